The van der Waals surface area contributed by atoms with Crippen LogP contribution in [0.1, 0.15) is 19.8 Å². The molecule has 0 N–H and O–H groups in total. The average molecular weight is 187 g/mol. The van der Waals surface area contributed by atoms with Gasteiger partial charge in [-0.15, -0.1) is 6.08 Å². The van der Waals surface area contributed by atoms with Crippen LogP contribution in [0.4, 0.5) is 0 Å². The molecule has 8 heavy (non-hydrogen) atoms. The van der Waals surface area contributed by atoms with Gasteiger partial charge in [-0.2, -0.15) is 6.42 Å². The molecule has 0 unspecified atom stereocenters. The predicted octanol–water partition coefficient (Wildman–Crippen LogP) is -1.20. The summed E-state index contributed by atoms with van der Waals surface area (Å²) in [4.78, 5) is 0. The standard InChI is InChI=1S/C6H11.BrH.Mg/c1-3-5-6-4-2;;/h5-6H,1,3-4H2,2H3;1H;/q-1;;+2/p-1/b6-5+;;. The SMILES string of the molecule is [Br-].[CH2-]C/C=C/CC.[Mg+2]. The minimum Gasteiger partial charge on any atom is -1.00 e. The van der Waals surface area contributed by atoms with E-state index in [0.717, 1.165) is 12.8 Å². The van der Waals surface area contributed by atoms with Gasteiger partial charge in [-0.1, -0.05) is 13.0 Å². The van der Waals surface area contributed by atoms with E-state index in [1.54, 1.807) is 0 Å². The normalized spacial score (nSPS) is 7.75. The third-order valence-corrected chi connectivity index (χ3v) is 0.569. The van der Waals surface area contributed by atoms with Crippen molar-refractivity contribution in [3.63, 3.8) is 0 Å². The van der Waals surface area contributed by atoms with E-state index in [-0.39, 0.29) is 40.0 Å². The summed E-state index contributed by atoms with van der Waals surface area (Å²) in [7, 11) is 0. The Labute approximate surface area is 78.7 Å². The zero-order valence-corrected chi connectivity index (χ0v) is 8.36. The van der Waals surface area contributed by atoms with E-state index < -0.39 is 0 Å². The molecule has 0 aromatic rings. The third kappa shape index (κ3) is 15.8. The molecule has 0 radical (unpaired) electrons. The summed E-state index contributed by atoms with van der Waals surface area (Å²) in [5, 5.41) is 0. The molecule has 0 amide bonds. The molecule has 0 spiro atoms. The summed E-state index contributed by atoms with van der Waals surface area (Å²) in [5.41, 5.74) is 0. The maximum Gasteiger partial charge on any atom is 2.00 e. The molecule has 0 saturated heterocycles. The summed E-state index contributed by atoms with van der Waals surface area (Å²) in [6, 6.07) is 0. The third-order valence-electron chi connectivity index (χ3n) is 0.569. The van der Waals surface area contributed by atoms with Crippen LogP contribution < -0.4 is 17.0 Å². The summed E-state index contributed by atoms with van der Waals surface area (Å²) in [5.74, 6) is 0. The molecule has 0 aromatic carbocycles. The molecule has 0 aliphatic rings. The minimum absolute atomic E-state index is 0. The maximum atomic E-state index is 3.64. The van der Waals surface area contributed by atoms with Crippen molar-refractivity contribution < 1.29 is 17.0 Å². The number of hydrogen-bond donors (Lipinski definition) is 0. The van der Waals surface area contributed by atoms with Gasteiger partial charge in [0.2, 0.25) is 0 Å². The summed E-state index contributed by atoms with van der Waals surface area (Å²) in [6.45, 7) is 5.75. The molecule has 0 atom stereocenters. The van der Waals surface area contributed by atoms with Crippen LogP contribution in [0.3, 0.4) is 0 Å². The van der Waals surface area contributed by atoms with Gasteiger partial charge in [-0.3, -0.25) is 0 Å². The second kappa shape index (κ2) is 15.7. The maximum absolute atomic E-state index is 3.64. The van der Waals surface area contributed by atoms with Gasteiger partial charge in [0, 0.05) is 0 Å². The van der Waals surface area contributed by atoms with E-state index in [1.807, 2.05) is 0 Å². The zero-order chi connectivity index (χ0) is 4.83. The Morgan fingerprint density at radius 2 is 1.88 bits per heavy atom. The molecular weight excluding hydrogens is 176 g/mol. The van der Waals surface area contributed by atoms with Crippen molar-refractivity contribution in [2.24, 2.45) is 0 Å². The fourth-order valence-electron chi connectivity index (χ4n) is 0.285. The molecule has 0 bridgehead atoms. The van der Waals surface area contributed by atoms with Gasteiger partial charge in [-0.05, 0) is 6.42 Å². The minimum atomic E-state index is 0. The number of hydrogen-bond acceptors (Lipinski definition) is 0. The van der Waals surface area contributed by atoms with Crippen molar-refractivity contribution in [2.75, 3.05) is 0 Å². The second-order valence-electron chi connectivity index (χ2n) is 1.17. The van der Waals surface area contributed by atoms with Crippen LogP contribution in [0.25, 0.3) is 0 Å². The van der Waals surface area contributed by atoms with Gasteiger partial charge in [0.05, 0.1) is 0 Å². The first kappa shape index (κ1) is 16.0. The smallest absolute Gasteiger partial charge is 1.00 e. The fourth-order valence-corrected chi connectivity index (χ4v) is 0.285. The molecule has 0 heterocycles. The van der Waals surface area contributed by atoms with Crippen LogP contribution in [-0.4, -0.2) is 23.1 Å². The van der Waals surface area contributed by atoms with Crippen molar-refractivity contribution in [1.82, 2.24) is 0 Å². The van der Waals surface area contributed by atoms with Crippen molar-refractivity contribution in [2.45, 2.75) is 19.8 Å². The van der Waals surface area contributed by atoms with Crippen LogP contribution in [-0.2, 0) is 0 Å². The Morgan fingerprint density at radius 1 is 1.38 bits per heavy atom. The van der Waals surface area contributed by atoms with E-state index in [9.17, 15) is 0 Å². The van der Waals surface area contributed by atoms with Gasteiger partial charge in [-0.25, -0.2) is 0 Å². The Kier molecular flexibility index (Phi) is 31.3. The van der Waals surface area contributed by atoms with Crippen molar-refractivity contribution >= 4 is 23.1 Å². The monoisotopic (exact) mass is 186 g/mol. The first-order chi connectivity index (χ1) is 2.91. The molecule has 2 heteroatoms. The van der Waals surface area contributed by atoms with Gasteiger partial charge in [0.1, 0.15) is 0 Å². The predicted molar refractivity (Wildman–Crippen MR) is 35.2 cm³/mol. The van der Waals surface area contributed by atoms with E-state index in [4.69, 9.17) is 0 Å². The number of allylic oxidation sites excluding steroid dienone is 2. The Balaban J connectivity index is -0.000000125. The average Bonchev–Trinajstić information content (AvgIpc) is 1.61. The molecular formula is C6H11BrMg. The molecule has 44 valence electrons. The summed E-state index contributed by atoms with van der Waals surface area (Å²) in [6.07, 6.45) is 6.25. The van der Waals surface area contributed by atoms with E-state index in [2.05, 4.69) is 26.0 Å². The Hall–Kier alpha value is 0.986. The molecule has 0 aromatic heterocycles. The van der Waals surface area contributed by atoms with Crippen LogP contribution >= 0.6 is 0 Å². The summed E-state index contributed by atoms with van der Waals surface area (Å²) >= 11 is 0. The summed E-state index contributed by atoms with van der Waals surface area (Å²) < 4.78 is 0. The van der Waals surface area contributed by atoms with Gasteiger partial charge in [0.25, 0.3) is 0 Å². The zero-order valence-electron chi connectivity index (χ0n) is 5.36. The van der Waals surface area contributed by atoms with Crippen LogP contribution in [0.15, 0.2) is 12.2 Å². The molecule has 0 aliphatic carbocycles. The fraction of sp³-hybridized carbons (Fsp3) is 0.500. The van der Waals surface area contributed by atoms with Gasteiger partial charge >= 0.3 is 23.1 Å². The van der Waals surface area contributed by atoms with Gasteiger partial charge < -0.3 is 23.9 Å². The largest absolute Gasteiger partial charge is 2.00 e. The van der Waals surface area contributed by atoms with E-state index >= 15 is 0 Å². The quantitative estimate of drug-likeness (QED) is 0.289. The Bertz CT molecular complexity index is 37.8. The number of halogens is 1. The number of rotatable bonds is 2. The molecule has 0 nitrogen and oxygen atoms in total. The van der Waals surface area contributed by atoms with Crippen LogP contribution in [0.2, 0.25) is 0 Å². The van der Waals surface area contributed by atoms with E-state index in [0.29, 0.717) is 0 Å². The van der Waals surface area contributed by atoms with Crippen LogP contribution in [0.5, 0.6) is 0 Å². The van der Waals surface area contributed by atoms with Crippen molar-refractivity contribution in [3.05, 3.63) is 19.1 Å². The molecule has 0 saturated carbocycles. The molecule has 0 rings (SSSR count). The first-order valence-electron chi connectivity index (χ1n) is 2.36. The second-order valence-corrected chi connectivity index (χ2v) is 1.17. The van der Waals surface area contributed by atoms with Crippen LogP contribution in [0, 0.1) is 6.92 Å². The van der Waals surface area contributed by atoms with Crippen molar-refractivity contribution in [3.8, 4) is 0 Å². The first-order valence-corrected chi connectivity index (χ1v) is 2.36. The van der Waals surface area contributed by atoms with Crippen molar-refractivity contribution in [1.29, 1.82) is 0 Å². The van der Waals surface area contributed by atoms with E-state index in [1.165, 1.54) is 0 Å². The molecule has 0 fully saturated rings. The topological polar surface area (TPSA) is 0 Å². The Morgan fingerprint density at radius 3 is 2.00 bits per heavy atom. The molecule has 0 aliphatic heterocycles. The van der Waals surface area contributed by atoms with Gasteiger partial charge in [0.15, 0.2) is 0 Å².